The van der Waals surface area contributed by atoms with Gasteiger partial charge in [-0.1, -0.05) is 258 Å². The average Bonchev–Trinajstić information content (AvgIpc) is 3.12. The molecule has 0 heterocycles. The molecule has 0 saturated carbocycles. The van der Waals surface area contributed by atoms with Gasteiger partial charge in [-0.25, -0.2) is 0 Å². The van der Waals surface area contributed by atoms with Crippen molar-refractivity contribution in [1.29, 1.82) is 0 Å². The second-order valence-electron chi connectivity index (χ2n) is 16.9. The van der Waals surface area contributed by atoms with E-state index in [2.05, 4.69) is 25.7 Å². The van der Waals surface area contributed by atoms with Crippen LogP contribution in [-0.4, -0.2) is 35.1 Å². The summed E-state index contributed by atoms with van der Waals surface area (Å²) in [5.74, 6) is -0.653. The van der Waals surface area contributed by atoms with Crippen molar-refractivity contribution in [2.24, 2.45) is 0 Å². The summed E-state index contributed by atoms with van der Waals surface area (Å²) in [4.78, 5) is 13.9. The molecule has 0 aromatic heterocycles. The number of unbranched alkanes of at least 4 members (excludes halogenated alkanes) is 38. The summed E-state index contributed by atoms with van der Waals surface area (Å²) in [6.45, 7) is 8.88. The SMILES string of the molecule is CCCCCCCCCCCCCCCCCCCCCCN(CCCCCCCCCCCCCCCCCCCCCC)C(C)CC(=O)O. The second-order valence-corrected chi connectivity index (χ2v) is 16.9. The number of rotatable bonds is 45. The maximum atomic E-state index is 11.4. The molecule has 1 atom stereocenters. The minimum atomic E-state index is -0.653. The maximum absolute atomic E-state index is 11.4. The molecule has 0 spiro atoms. The summed E-state index contributed by atoms with van der Waals surface area (Å²) >= 11 is 0. The fraction of sp³-hybridized carbons (Fsp3) is 0.979. The molecule has 1 N–H and O–H groups in total. The van der Waals surface area contributed by atoms with E-state index in [-0.39, 0.29) is 12.5 Å². The van der Waals surface area contributed by atoms with E-state index in [0.29, 0.717) is 0 Å². The van der Waals surface area contributed by atoms with Crippen molar-refractivity contribution in [3.8, 4) is 0 Å². The smallest absolute Gasteiger partial charge is 0.304 e. The van der Waals surface area contributed by atoms with Crippen LogP contribution in [0.4, 0.5) is 0 Å². The molecule has 0 radical (unpaired) electrons. The second kappa shape index (κ2) is 43.8. The van der Waals surface area contributed by atoms with Gasteiger partial charge in [-0.15, -0.1) is 0 Å². The highest BCUT2D eigenvalue weighted by Gasteiger charge is 2.16. The van der Waals surface area contributed by atoms with Gasteiger partial charge in [0, 0.05) is 6.04 Å². The Balaban J connectivity index is 3.60. The van der Waals surface area contributed by atoms with Crippen molar-refractivity contribution >= 4 is 5.97 Å². The number of hydrogen-bond acceptors (Lipinski definition) is 2. The fourth-order valence-corrected chi connectivity index (χ4v) is 8.07. The molecule has 3 nitrogen and oxygen atoms in total. The molecule has 306 valence electrons. The van der Waals surface area contributed by atoms with Crippen LogP contribution in [0.25, 0.3) is 0 Å². The van der Waals surface area contributed by atoms with Crippen molar-refractivity contribution in [3.63, 3.8) is 0 Å². The van der Waals surface area contributed by atoms with Gasteiger partial charge in [0.05, 0.1) is 6.42 Å². The first-order valence-corrected chi connectivity index (χ1v) is 24.1. The van der Waals surface area contributed by atoms with Crippen molar-refractivity contribution in [3.05, 3.63) is 0 Å². The number of carbonyl (C=O) groups is 1. The highest BCUT2D eigenvalue weighted by atomic mass is 16.4. The Bertz CT molecular complexity index is 607. The molecule has 0 bridgehead atoms. The van der Waals surface area contributed by atoms with Gasteiger partial charge in [0.1, 0.15) is 0 Å². The van der Waals surface area contributed by atoms with Crippen molar-refractivity contribution in [1.82, 2.24) is 4.90 Å². The monoisotopic (exact) mass is 720 g/mol. The lowest BCUT2D eigenvalue weighted by atomic mass is 10.0. The van der Waals surface area contributed by atoms with Crippen LogP contribution in [0, 0.1) is 0 Å². The molecular formula is C48H97NO2. The molecule has 0 aliphatic heterocycles. The Morgan fingerprint density at radius 3 is 0.706 bits per heavy atom. The molecule has 0 aromatic carbocycles. The predicted octanol–water partition coefficient (Wildman–Crippen LogP) is 16.8. The van der Waals surface area contributed by atoms with Gasteiger partial charge >= 0.3 is 5.97 Å². The largest absolute Gasteiger partial charge is 0.481 e. The summed E-state index contributed by atoms with van der Waals surface area (Å²) in [5.41, 5.74) is 0. The lowest BCUT2D eigenvalue weighted by molar-refractivity contribution is -0.138. The van der Waals surface area contributed by atoms with E-state index in [9.17, 15) is 9.90 Å². The third kappa shape index (κ3) is 42.0. The Morgan fingerprint density at radius 1 is 0.353 bits per heavy atom. The van der Waals surface area contributed by atoms with E-state index in [4.69, 9.17) is 0 Å². The number of nitrogens with zero attached hydrogens (tertiary/aromatic N) is 1. The normalized spacial score (nSPS) is 12.3. The minimum absolute atomic E-state index is 0.156. The first-order valence-electron chi connectivity index (χ1n) is 24.1. The molecule has 0 saturated heterocycles. The van der Waals surface area contributed by atoms with E-state index in [0.717, 1.165) is 13.1 Å². The molecule has 0 aliphatic carbocycles. The van der Waals surface area contributed by atoms with Crippen LogP contribution in [-0.2, 0) is 4.79 Å². The van der Waals surface area contributed by atoms with Gasteiger partial charge in [0.15, 0.2) is 0 Å². The highest BCUT2D eigenvalue weighted by molar-refractivity contribution is 5.67. The van der Waals surface area contributed by atoms with Crippen molar-refractivity contribution in [2.75, 3.05) is 13.1 Å². The van der Waals surface area contributed by atoms with Gasteiger partial charge < -0.3 is 10.0 Å². The lowest BCUT2D eigenvalue weighted by Gasteiger charge is -2.28. The number of hydrogen-bond donors (Lipinski definition) is 1. The van der Waals surface area contributed by atoms with Gasteiger partial charge in [-0.3, -0.25) is 4.79 Å². The standard InChI is InChI=1S/C48H97NO2/c1-4-6-8-10-12-14-16-18-20-22-24-26-28-30-32-34-36-38-40-42-44-49(47(3)46-48(50)51)45-43-41-39-37-35-33-31-29-27-25-23-21-19-17-15-13-11-9-7-5-2/h47H,4-46H2,1-3H3,(H,50,51). The number of carboxylic acids is 1. The zero-order valence-corrected chi connectivity index (χ0v) is 35.8. The Hall–Kier alpha value is -0.570. The fourth-order valence-electron chi connectivity index (χ4n) is 8.07. The van der Waals surface area contributed by atoms with Crippen LogP contribution in [0.2, 0.25) is 0 Å². The number of aliphatic carboxylic acids is 1. The Labute approximate surface area is 323 Å². The van der Waals surface area contributed by atoms with Gasteiger partial charge in [0.2, 0.25) is 0 Å². The molecule has 1 unspecified atom stereocenters. The van der Waals surface area contributed by atoms with Crippen LogP contribution in [0.3, 0.4) is 0 Å². The van der Waals surface area contributed by atoms with E-state index in [1.54, 1.807) is 0 Å². The van der Waals surface area contributed by atoms with E-state index in [1.807, 2.05) is 0 Å². The zero-order chi connectivity index (χ0) is 37.1. The van der Waals surface area contributed by atoms with Crippen molar-refractivity contribution < 1.29 is 9.90 Å². The number of carboxylic acid groups (broad SMARTS) is 1. The molecular weight excluding hydrogens is 623 g/mol. The summed E-state index contributed by atoms with van der Waals surface area (Å²) in [7, 11) is 0. The van der Waals surface area contributed by atoms with Crippen LogP contribution in [0.5, 0.6) is 0 Å². The third-order valence-electron chi connectivity index (χ3n) is 11.7. The van der Waals surface area contributed by atoms with E-state index >= 15 is 0 Å². The summed E-state index contributed by atoms with van der Waals surface area (Å²) < 4.78 is 0. The van der Waals surface area contributed by atoms with Gasteiger partial charge in [0.25, 0.3) is 0 Å². The summed E-state index contributed by atoms with van der Waals surface area (Å²) in [6.07, 6.45) is 56.8. The van der Waals surface area contributed by atoms with Crippen LogP contribution in [0.1, 0.15) is 284 Å². The first kappa shape index (κ1) is 50.4. The average molecular weight is 720 g/mol. The Morgan fingerprint density at radius 2 is 0.529 bits per heavy atom. The van der Waals surface area contributed by atoms with E-state index < -0.39 is 5.97 Å². The first-order chi connectivity index (χ1) is 25.1. The molecule has 0 amide bonds. The molecule has 51 heavy (non-hydrogen) atoms. The summed E-state index contributed by atoms with van der Waals surface area (Å²) in [6, 6.07) is 0.156. The minimum Gasteiger partial charge on any atom is -0.481 e. The quantitative estimate of drug-likeness (QED) is 0.0637. The van der Waals surface area contributed by atoms with Crippen LogP contribution < -0.4 is 0 Å². The third-order valence-corrected chi connectivity index (χ3v) is 11.7. The zero-order valence-electron chi connectivity index (χ0n) is 35.8. The predicted molar refractivity (Wildman–Crippen MR) is 229 cm³/mol. The molecule has 0 aromatic rings. The Kier molecular flexibility index (Phi) is 43.3. The summed E-state index contributed by atoms with van der Waals surface area (Å²) in [5, 5.41) is 9.39. The molecule has 0 fully saturated rings. The van der Waals surface area contributed by atoms with Gasteiger partial charge in [-0.2, -0.15) is 0 Å². The maximum Gasteiger partial charge on any atom is 0.304 e. The molecule has 3 heteroatoms. The van der Waals surface area contributed by atoms with Crippen LogP contribution >= 0.6 is 0 Å². The van der Waals surface area contributed by atoms with E-state index in [1.165, 1.54) is 257 Å². The molecule has 0 aliphatic rings. The van der Waals surface area contributed by atoms with Crippen LogP contribution in [0.15, 0.2) is 0 Å². The lowest BCUT2D eigenvalue weighted by Crippen LogP contribution is -2.36. The topological polar surface area (TPSA) is 40.5 Å². The highest BCUT2D eigenvalue weighted by Crippen LogP contribution is 2.18. The van der Waals surface area contributed by atoms with Gasteiger partial charge in [-0.05, 0) is 32.9 Å². The van der Waals surface area contributed by atoms with Crippen molar-refractivity contribution in [2.45, 2.75) is 290 Å². The molecule has 0 rings (SSSR count).